The molecule has 0 bridgehead atoms. The number of carbonyl (C=O) groups is 1. The number of hydrogen-bond acceptors (Lipinski definition) is 2. The van der Waals surface area contributed by atoms with E-state index in [1.54, 1.807) is 6.07 Å². The zero-order valence-electron chi connectivity index (χ0n) is 9.78. The van der Waals surface area contributed by atoms with Crippen LogP contribution in [0.4, 0.5) is 0 Å². The van der Waals surface area contributed by atoms with Crippen molar-refractivity contribution in [3.63, 3.8) is 0 Å². The quantitative estimate of drug-likeness (QED) is 0.724. The predicted molar refractivity (Wildman–Crippen MR) is 63.6 cm³/mol. The van der Waals surface area contributed by atoms with Crippen molar-refractivity contribution in [1.29, 1.82) is 0 Å². The molecule has 1 aromatic heterocycles. The van der Waals surface area contributed by atoms with Crippen LogP contribution in [0.25, 0.3) is 10.9 Å². The van der Waals surface area contributed by atoms with Crippen molar-refractivity contribution in [2.75, 3.05) is 6.61 Å². The highest BCUT2D eigenvalue weighted by Crippen LogP contribution is 2.22. The Morgan fingerprint density at radius 2 is 2.19 bits per heavy atom. The molecule has 0 fully saturated rings. The van der Waals surface area contributed by atoms with Gasteiger partial charge in [0.1, 0.15) is 0 Å². The van der Waals surface area contributed by atoms with Gasteiger partial charge in [-0.2, -0.15) is 0 Å². The third-order valence-corrected chi connectivity index (χ3v) is 2.82. The van der Waals surface area contributed by atoms with Gasteiger partial charge in [-0.25, -0.2) is 4.79 Å². The molecule has 0 aliphatic carbocycles. The average molecular weight is 217 g/mol. The van der Waals surface area contributed by atoms with Crippen molar-refractivity contribution < 1.29 is 9.53 Å². The second kappa shape index (κ2) is 4.00. The molecule has 0 aliphatic rings. The fourth-order valence-electron chi connectivity index (χ4n) is 1.88. The summed E-state index contributed by atoms with van der Waals surface area (Å²) in [7, 11) is 1.99. The number of fused-ring (bicyclic) bond motifs is 1. The summed E-state index contributed by atoms with van der Waals surface area (Å²) < 4.78 is 7.10. The highest BCUT2D eigenvalue weighted by Gasteiger charge is 2.13. The Kier molecular flexibility index (Phi) is 2.69. The van der Waals surface area contributed by atoms with Crippen LogP contribution in [-0.4, -0.2) is 17.1 Å². The maximum absolute atomic E-state index is 11.7. The van der Waals surface area contributed by atoms with Crippen LogP contribution >= 0.6 is 0 Å². The van der Waals surface area contributed by atoms with Crippen LogP contribution in [0.3, 0.4) is 0 Å². The first kappa shape index (κ1) is 10.7. The van der Waals surface area contributed by atoms with Crippen molar-refractivity contribution in [3.05, 3.63) is 35.5 Å². The third kappa shape index (κ3) is 1.58. The summed E-state index contributed by atoms with van der Waals surface area (Å²) in [6.07, 6.45) is 0. The molecule has 0 aliphatic heterocycles. The molecule has 0 atom stereocenters. The van der Waals surface area contributed by atoms with Gasteiger partial charge in [-0.1, -0.05) is 6.07 Å². The fourth-order valence-corrected chi connectivity index (χ4v) is 1.88. The molecule has 0 amide bonds. The van der Waals surface area contributed by atoms with E-state index in [0.717, 1.165) is 16.6 Å². The molecule has 0 radical (unpaired) electrons. The maximum Gasteiger partial charge on any atom is 0.338 e. The van der Waals surface area contributed by atoms with Gasteiger partial charge in [0.25, 0.3) is 0 Å². The summed E-state index contributed by atoms with van der Waals surface area (Å²) >= 11 is 0. The summed E-state index contributed by atoms with van der Waals surface area (Å²) in [5.41, 5.74) is 2.83. The highest BCUT2D eigenvalue weighted by molar-refractivity contribution is 6.04. The van der Waals surface area contributed by atoms with E-state index in [1.807, 2.05) is 39.1 Å². The van der Waals surface area contributed by atoms with Crippen LogP contribution in [0.5, 0.6) is 0 Å². The Hall–Kier alpha value is -1.77. The van der Waals surface area contributed by atoms with Crippen molar-refractivity contribution in [1.82, 2.24) is 4.57 Å². The minimum absolute atomic E-state index is 0.251. The monoisotopic (exact) mass is 217 g/mol. The molecule has 0 saturated heterocycles. The largest absolute Gasteiger partial charge is 0.462 e. The molecule has 0 saturated carbocycles. The van der Waals surface area contributed by atoms with E-state index in [9.17, 15) is 4.79 Å². The minimum atomic E-state index is -0.251. The molecule has 0 N–H and O–H groups in total. The molecule has 84 valence electrons. The Morgan fingerprint density at radius 1 is 1.44 bits per heavy atom. The van der Waals surface area contributed by atoms with E-state index in [0.29, 0.717) is 12.2 Å². The van der Waals surface area contributed by atoms with E-state index in [2.05, 4.69) is 4.57 Å². The predicted octanol–water partition coefficient (Wildman–Crippen LogP) is 2.66. The number of esters is 1. The fraction of sp³-hybridized carbons (Fsp3) is 0.308. The molecule has 2 aromatic rings. The lowest BCUT2D eigenvalue weighted by Crippen LogP contribution is -2.04. The lowest BCUT2D eigenvalue weighted by molar-refractivity contribution is 0.0528. The molecule has 16 heavy (non-hydrogen) atoms. The van der Waals surface area contributed by atoms with Gasteiger partial charge in [-0.15, -0.1) is 0 Å². The molecule has 1 heterocycles. The number of ether oxygens (including phenoxy) is 1. The number of rotatable bonds is 2. The molecule has 3 heteroatoms. The first-order valence-electron chi connectivity index (χ1n) is 5.37. The minimum Gasteiger partial charge on any atom is -0.462 e. The van der Waals surface area contributed by atoms with Gasteiger partial charge in [0, 0.05) is 23.6 Å². The lowest BCUT2D eigenvalue weighted by atomic mass is 10.1. The van der Waals surface area contributed by atoms with Gasteiger partial charge in [-0.3, -0.25) is 0 Å². The molecular weight excluding hydrogens is 202 g/mol. The third-order valence-electron chi connectivity index (χ3n) is 2.82. The summed E-state index contributed by atoms with van der Waals surface area (Å²) in [6.45, 7) is 4.24. The Morgan fingerprint density at radius 3 is 2.88 bits per heavy atom. The topological polar surface area (TPSA) is 31.2 Å². The number of carbonyl (C=O) groups excluding carboxylic acids is 1. The van der Waals surface area contributed by atoms with Crippen molar-refractivity contribution in [2.24, 2.45) is 7.05 Å². The number of aryl methyl sites for hydroxylation is 2. The molecule has 1 aromatic carbocycles. The van der Waals surface area contributed by atoms with Gasteiger partial charge in [0.15, 0.2) is 0 Å². The second-order valence-electron chi connectivity index (χ2n) is 3.80. The first-order valence-corrected chi connectivity index (χ1v) is 5.37. The normalized spacial score (nSPS) is 10.7. The van der Waals surface area contributed by atoms with Crippen LogP contribution in [0.15, 0.2) is 24.3 Å². The zero-order chi connectivity index (χ0) is 11.7. The van der Waals surface area contributed by atoms with Gasteiger partial charge in [0.2, 0.25) is 0 Å². The maximum atomic E-state index is 11.7. The first-order chi connectivity index (χ1) is 7.65. The molecule has 0 spiro atoms. The number of benzene rings is 1. The second-order valence-corrected chi connectivity index (χ2v) is 3.80. The Bertz CT molecular complexity index is 540. The van der Waals surface area contributed by atoms with Gasteiger partial charge < -0.3 is 9.30 Å². The Balaban J connectivity index is 2.62. The number of nitrogens with zero attached hydrogens (tertiary/aromatic N) is 1. The van der Waals surface area contributed by atoms with E-state index >= 15 is 0 Å². The van der Waals surface area contributed by atoms with Gasteiger partial charge in [-0.05, 0) is 32.0 Å². The van der Waals surface area contributed by atoms with Crippen molar-refractivity contribution in [3.8, 4) is 0 Å². The molecular formula is C13H15NO2. The van der Waals surface area contributed by atoms with Crippen LogP contribution in [-0.2, 0) is 11.8 Å². The van der Waals surface area contributed by atoms with Crippen LogP contribution in [0, 0.1) is 6.92 Å². The van der Waals surface area contributed by atoms with Crippen molar-refractivity contribution >= 4 is 16.9 Å². The summed E-state index contributed by atoms with van der Waals surface area (Å²) in [6, 6.07) is 7.71. The van der Waals surface area contributed by atoms with Crippen LogP contribution in [0.1, 0.15) is 23.0 Å². The number of hydrogen-bond donors (Lipinski definition) is 0. The summed E-state index contributed by atoms with van der Waals surface area (Å²) in [4.78, 5) is 11.7. The van der Waals surface area contributed by atoms with E-state index in [-0.39, 0.29) is 5.97 Å². The van der Waals surface area contributed by atoms with Gasteiger partial charge >= 0.3 is 5.97 Å². The standard InChI is InChI=1S/C13H15NO2/c1-4-16-13(15)10-6-5-7-12-11(10)8-9(2)14(12)3/h5-8H,4H2,1-3H3. The smallest absolute Gasteiger partial charge is 0.338 e. The average Bonchev–Trinajstić information content (AvgIpc) is 2.55. The van der Waals surface area contributed by atoms with Crippen LogP contribution < -0.4 is 0 Å². The molecule has 2 rings (SSSR count). The summed E-state index contributed by atoms with van der Waals surface area (Å²) in [5.74, 6) is -0.251. The number of aromatic nitrogens is 1. The van der Waals surface area contributed by atoms with Gasteiger partial charge in [0.05, 0.1) is 12.2 Å². The summed E-state index contributed by atoms with van der Waals surface area (Å²) in [5, 5.41) is 0.959. The van der Waals surface area contributed by atoms with E-state index in [4.69, 9.17) is 4.74 Å². The van der Waals surface area contributed by atoms with E-state index in [1.165, 1.54) is 0 Å². The molecule has 3 nitrogen and oxygen atoms in total. The SMILES string of the molecule is CCOC(=O)c1cccc2c1cc(C)n2C. The van der Waals surface area contributed by atoms with E-state index < -0.39 is 0 Å². The lowest BCUT2D eigenvalue weighted by Gasteiger charge is -2.03. The molecule has 0 unspecified atom stereocenters. The van der Waals surface area contributed by atoms with Crippen LogP contribution in [0.2, 0.25) is 0 Å². The highest BCUT2D eigenvalue weighted by atomic mass is 16.5. The zero-order valence-corrected chi connectivity index (χ0v) is 9.78. The van der Waals surface area contributed by atoms with Crippen molar-refractivity contribution in [2.45, 2.75) is 13.8 Å². The Labute approximate surface area is 94.6 Å².